The van der Waals surface area contributed by atoms with Crippen molar-refractivity contribution in [2.75, 3.05) is 7.05 Å². The predicted molar refractivity (Wildman–Crippen MR) is 101 cm³/mol. The molecule has 0 bridgehead atoms. The Kier molecular flexibility index (Phi) is 5.93. The molecule has 0 aliphatic carbocycles. The monoisotopic (exact) mass is 534 g/mol. The standard InChI is InChI=1S/CH3Cl8N6P5/c1-15-18(6,7)13-20(14-19(15,8)9)11-16(2,3)10-17(4,5)12-20/h1H3. The first kappa shape index (κ1) is 19.8. The van der Waals surface area contributed by atoms with E-state index in [0.29, 0.717) is 0 Å². The SMILES string of the molecule is CN1P(Cl)(Cl)=NP2(=NP(Cl)(Cl)=NP(Cl)(Cl)=N2)N=P1(Cl)Cl. The van der Waals surface area contributed by atoms with E-state index in [0.717, 1.165) is 0 Å². The average Bonchev–Trinajstić information content (AvgIpc) is 2.05. The molecule has 0 N–H and O–H groups in total. The molecule has 20 heavy (non-hydrogen) atoms. The van der Waals surface area contributed by atoms with E-state index in [1.807, 2.05) is 0 Å². The zero-order chi connectivity index (χ0) is 15.6. The zero-order valence-corrected chi connectivity index (χ0v) is 19.5. The van der Waals surface area contributed by atoms with Gasteiger partial charge in [0.1, 0.15) is 0 Å². The largest absolute Gasteiger partial charge is 0.313 e. The predicted octanol–water partition coefficient (Wildman–Crippen LogP) is 10.6. The third kappa shape index (κ3) is 4.33. The Morgan fingerprint density at radius 3 is 1.40 bits per heavy atom. The number of rotatable bonds is 0. The van der Waals surface area contributed by atoms with Crippen molar-refractivity contribution < 1.29 is 0 Å². The van der Waals surface area contributed by atoms with Crippen molar-refractivity contribution >= 4 is 121 Å². The highest BCUT2D eigenvalue weighted by atomic mass is 35.9. The second-order valence-corrected chi connectivity index (χ2v) is 26.5. The van der Waals surface area contributed by atoms with Gasteiger partial charge in [-0.15, -0.1) is 0 Å². The molecule has 2 heterocycles. The first-order valence-electron chi connectivity index (χ1n) is 4.20. The fraction of sp³-hybridized carbons (Fsp3) is 1.00. The molecule has 0 radical (unpaired) electrons. The van der Waals surface area contributed by atoms with Gasteiger partial charge in [-0.1, -0.05) is 0 Å². The molecule has 6 nitrogen and oxygen atoms in total. The molecular weight excluding hydrogens is 535 g/mol. The molecule has 0 fully saturated rings. The fourth-order valence-corrected chi connectivity index (χ4v) is 29.1. The summed E-state index contributed by atoms with van der Waals surface area (Å²) in [6, 6.07) is 0. The van der Waals surface area contributed by atoms with Gasteiger partial charge in [-0.25, -0.2) is 0 Å². The lowest BCUT2D eigenvalue weighted by atomic mass is 11.6. The van der Waals surface area contributed by atoms with E-state index in [1.165, 1.54) is 11.5 Å². The van der Waals surface area contributed by atoms with E-state index in [-0.39, 0.29) is 0 Å². The molecule has 19 heteroatoms. The Labute approximate surface area is 154 Å². The van der Waals surface area contributed by atoms with Crippen LogP contribution >= 0.6 is 121 Å². The Morgan fingerprint density at radius 2 is 1.00 bits per heavy atom. The van der Waals surface area contributed by atoms with Gasteiger partial charge >= 0.3 is 7.51 Å². The van der Waals surface area contributed by atoms with Crippen LogP contribution in [0.3, 0.4) is 0 Å². The van der Waals surface area contributed by atoms with E-state index in [1.54, 1.807) is 0 Å². The van der Waals surface area contributed by atoms with Crippen LogP contribution in [0.25, 0.3) is 0 Å². The molecule has 0 saturated carbocycles. The summed E-state index contributed by atoms with van der Waals surface area (Å²) in [6.45, 7) is 0. The Balaban J connectivity index is 2.92. The van der Waals surface area contributed by atoms with Crippen LogP contribution in [-0.4, -0.2) is 11.5 Å². The number of halogens is 8. The van der Waals surface area contributed by atoms with Crippen LogP contribution < -0.4 is 0 Å². The summed E-state index contributed by atoms with van der Waals surface area (Å²) in [7, 11) is -1.80. The third-order valence-corrected chi connectivity index (χ3v) is 25.1. The number of hydrogen-bond donors (Lipinski definition) is 0. The topological polar surface area (TPSA) is 65.0 Å². The normalized spacial score (nSPS) is 32.0. The van der Waals surface area contributed by atoms with Gasteiger partial charge in [-0.3, -0.25) is 0 Å². The summed E-state index contributed by atoms with van der Waals surface area (Å²) in [6.07, 6.45) is 0. The van der Waals surface area contributed by atoms with E-state index in [4.69, 9.17) is 89.9 Å². The maximum atomic E-state index is 6.18. The molecule has 2 rings (SSSR count). The molecule has 1 spiro atoms. The molecule has 0 unspecified atom stereocenters. The van der Waals surface area contributed by atoms with Crippen LogP contribution in [-0.2, 0) is 0 Å². The van der Waals surface area contributed by atoms with E-state index in [2.05, 4.69) is 22.6 Å². The van der Waals surface area contributed by atoms with Crippen molar-refractivity contribution in [3.8, 4) is 0 Å². The van der Waals surface area contributed by atoms with Crippen LogP contribution in [0.1, 0.15) is 0 Å². The van der Waals surface area contributed by atoms with Crippen LogP contribution in [0, 0.1) is 0 Å². The lowest BCUT2D eigenvalue weighted by molar-refractivity contribution is 0.910. The summed E-state index contributed by atoms with van der Waals surface area (Å²) >= 11 is 48.7. The molecule has 118 valence electrons. The van der Waals surface area contributed by atoms with Gasteiger partial charge < -0.3 is 0 Å². The van der Waals surface area contributed by atoms with Gasteiger partial charge in [0.25, 0.3) is 11.8 Å². The minimum absolute atomic E-state index is 1.30. The molecule has 0 atom stereocenters. The lowest BCUT2D eigenvalue weighted by Gasteiger charge is -2.34. The van der Waals surface area contributed by atoms with E-state index < -0.39 is 31.1 Å². The second-order valence-electron chi connectivity index (χ2n) is 3.30. The van der Waals surface area contributed by atoms with Gasteiger partial charge in [0.2, 0.25) is 11.8 Å². The van der Waals surface area contributed by atoms with Crippen molar-refractivity contribution in [2.24, 2.45) is 22.6 Å². The zero-order valence-electron chi connectivity index (χ0n) is 8.94. The van der Waals surface area contributed by atoms with E-state index >= 15 is 0 Å². The summed E-state index contributed by atoms with van der Waals surface area (Å²) in [5, 5.41) is 0. The molecule has 2 aliphatic rings. The number of nitrogens with zero attached hydrogens (tertiary/aromatic N) is 6. The highest BCUT2D eigenvalue weighted by Gasteiger charge is 2.44. The minimum atomic E-state index is -3.30. The summed E-state index contributed by atoms with van der Waals surface area (Å²) < 4.78 is 21.6. The molecule has 0 saturated heterocycles. The Bertz CT molecular complexity index is 685. The Hall–Kier alpha value is 3.43. The molecule has 0 aromatic rings. The van der Waals surface area contributed by atoms with Gasteiger partial charge in [0.05, 0.1) is 0 Å². The maximum absolute atomic E-state index is 6.18. The summed E-state index contributed by atoms with van der Waals surface area (Å²) in [5.74, 6) is -12.5. The van der Waals surface area contributed by atoms with Crippen LogP contribution in [0.4, 0.5) is 0 Å². The molecule has 0 amide bonds. The van der Waals surface area contributed by atoms with Crippen LogP contribution in [0.5, 0.6) is 0 Å². The van der Waals surface area contributed by atoms with Crippen molar-refractivity contribution in [3.63, 3.8) is 0 Å². The molecular formula is CH3Cl8N6P5. The number of hydrogen-bond acceptors (Lipinski definition) is 6. The maximum Gasteiger partial charge on any atom is 0.313 e. The third-order valence-electron chi connectivity index (χ3n) is 1.82. The van der Waals surface area contributed by atoms with E-state index in [9.17, 15) is 0 Å². The second kappa shape index (κ2) is 6.00. The fourth-order valence-electron chi connectivity index (χ4n) is 1.10. The van der Waals surface area contributed by atoms with Gasteiger partial charge in [-0.05, 0) is 89.9 Å². The molecule has 2 aliphatic heterocycles. The lowest BCUT2D eigenvalue weighted by Crippen LogP contribution is -2.02. The summed E-state index contributed by atoms with van der Waals surface area (Å²) in [4.78, 5) is 0. The van der Waals surface area contributed by atoms with Crippen molar-refractivity contribution in [1.29, 1.82) is 0 Å². The first-order chi connectivity index (χ1) is 8.69. The smallest absolute Gasteiger partial charge is 0.188 e. The summed E-state index contributed by atoms with van der Waals surface area (Å²) in [5.41, 5.74) is 0. The Morgan fingerprint density at radius 1 is 0.600 bits per heavy atom. The quantitative estimate of drug-likeness (QED) is 0.283. The molecule has 0 aromatic heterocycles. The van der Waals surface area contributed by atoms with Crippen LogP contribution in [0.2, 0.25) is 0 Å². The first-order valence-corrected chi connectivity index (χ1v) is 19.8. The van der Waals surface area contributed by atoms with Crippen molar-refractivity contribution in [2.45, 2.75) is 0 Å². The highest BCUT2D eigenvalue weighted by Crippen LogP contribution is 2.94. The van der Waals surface area contributed by atoms with Gasteiger partial charge in [-0.2, -0.15) is 27.0 Å². The average molecular weight is 538 g/mol. The van der Waals surface area contributed by atoms with Crippen molar-refractivity contribution in [1.82, 2.24) is 4.44 Å². The van der Waals surface area contributed by atoms with Gasteiger partial charge in [0, 0.05) is 7.05 Å². The molecule has 0 aromatic carbocycles. The van der Waals surface area contributed by atoms with Gasteiger partial charge in [0.15, 0.2) is 0 Å². The van der Waals surface area contributed by atoms with Crippen molar-refractivity contribution in [3.05, 3.63) is 0 Å². The van der Waals surface area contributed by atoms with Crippen LogP contribution in [0.15, 0.2) is 22.6 Å². The minimum Gasteiger partial charge on any atom is -0.188 e. The highest BCUT2D eigenvalue weighted by molar-refractivity contribution is 8.25.